The van der Waals surface area contributed by atoms with Crippen LogP contribution in [0.5, 0.6) is 0 Å². The van der Waals surface area contributed by atoms with Crippen LogP contribution < -0.4 is 5.84 Å². The Morgan fingerprint density at radius 2 is 1.90 bits per heavy atom. The normalized spacial score (nSPS) is 15.9. The SMILES string of the molecule is CC(O)CN(N)C(C)(C)C. The number of aliphatic hydroxyl groups excluding tert-OH is 1. The number of hydrogen-bond acceptors (Lipinski definition) is 3. The van der Waals surface area contributed by atoms with Gasteiger partial charge >= 0.3 is 0 Å². The monoisotopic (exact) mass is 146 g/mol. The van der Waals surface area contributed by atoms with Crippen molar-refractivity contribution in [2.75, 3.05) is 6.54 Å². The number of nitrogens with two attached hydrogens (primary N) is 1. The molecule has 0 fully saturated rings. The van der Waals surface area contributed by atoms with Crippen molar-refractivity contribution >= 4 is 0 Å². The number of aliphatic hydroxyl groups is 1. The summed E-state index contributed by atoms with van der Waals surface area (Å²) in [5.74, 6) is 5.62. The van der Waals surface area contributed by atoms with Crippen molar-refractivity contribution in [1.82, 2.24) is 5.01 Å². The summed E-state index contributed by atoms with van der Waals surface area (Å²) in [7, 11) is 0. The van der Waals surface area contributed by atoms with Gasteiger partial charge in [-0.05, 0) is 27.7 Å². The zero-order valence-electron chi connectivity index (χ0n) is 7.26. The maximum Gasteiger partial charge on any atom is 0.0653 e. The van der Waals surface area contributed by atoms with Gasteiger partial charge in [-0.2, -0.15) is 0 Å². The van der Waals surface area contributed by atoms with Crippen LogP contribution in [0.3, 0.4) is 0 Å². The summed E-state index contributed by atoms with van der Waals surface area (Å²) >= 11 is 0. The second-order valence-corrected chi connectivity index (χ2v) is 3.67. The van der Waals surface area contributed by atoms with Gasteiger partial charge in [0.15, 0.2) is 0 Å². The van der Waals surface area contributed by atoms with Crippen molar-refractivity contribution in [1.29, 1.82) is 0 Å². The number of rotatable bonds is 2. The summed E-state index contributed by atoms with van der Waals surface area (Å²) in [6, 6.07) is 0. The van der Waals surface area contributed by atoms with Gasteiger partial charge < -0.3 is 5.11 Å². The van der Waals surface area contributed by atoms with Gasteiger partial charge in [0.25, 0.3) is 0 Å². The summed E-state index contributed by atoms with van der Waals surface area (Å²) < 4.78 is 0. The Bertz CT molecular complexity index is 96.3. The minimum absolute atomic E-state index is 0.0585. The summed E-state index contributed by atoms with van der Waals surface area (Å²) in [5, 5.41) is 10.6. The minimum Gasteiger partial charge on any atom is -0.392 e. The Kier molecular flexibility index (Phi) is 3.28. The van der Waals surface area contributed by atoms with Gasteiger partial charge in [-0.3, -0.25) is 5.84 Å². The molecule has 0 saturated carbocycles. The van der Waals surface area contributed by atoms with Crippen molar-refractivity contribution in [2.45, 2.75) is 39.3 Å². The molecule has 3 N–H and O–H groups in total. The maximum absolute atomic E-state index is 8.96. The van der Waals surface area contributed by atoms with Crippen LogP contribution in [0, 0.1) is 0 Å². The van der Waals surface area contributed by atoms with E-state index in [0.29, 0.717) is 6.54 Å². The van der Waals surface area contributed by atoms with E-state index < -0.39 is 0 Å². The fraction of sp³-hybridized carbons (Fsp3) is 1.00. The average molecular weight is 146 g/mol. The van der Waals surface area contributed by atoms with E-state index in [1.165, 1.54) is 0 Å². The molecule has 0 aromatic heterocycles. The third kappa shape index (κ3) is 3.82. The molecular weight excluding hydrogens is 128 g/mol. The second-order valence-electron chi connectivity index (χ2n) is 3.67. The number of nitrogens with zero attached hydrogens (tertiary/aromatic N) is 1. The molecular formula is C7H18N2O. The Labute approximate surface area is 62.8 Å². The van der Waals surface area contributed by atoms with Crippen LogP contribution in [-0.4, -0.2) is 28.3 Å². The van der Waals surface area contributed by atoms with Crippen LogP contribution in [0.4, 0.5) is 0 Å². The molecule has 62 valence electrons. The molecule has 0 heterocycles. The molecule has 0 amide bonds. The van der Waals surface area contributed by atoms with Crippen LogP contribution in [0.25, 0.3) is 0 Å². The van der Waals surface area contributed by atoms with Gasteiger partial charge in [0.2, 0.25) is 0 Å². The van der Waals surface area contributed by atoms with Gasteiger partial charge in [0.05, 0.1) is 6.10 Å². The van der Waals surface area contributed by atoms with Crippen LogP contribution in [-0.2, 0) is 0 Å². The van der Waals surface area contributed by atoms with E-state index in [0.717, 1.165) is 0 Å². The quantitative estimate of drug-likeness (QED) is 0.436. The number of β-amino-alcohol motifs (C(OH)–C–C–N with tert-alkyl or cyclic N) is 1. The van der Waals surface area contributed by atoms with Gasteiger partial charge in [-0.25, -0.2) is 5.01 Å². The molecule has 10 heavy (non-hydrogen) atoms. The molecule has 3 nitrogen and oxygen atoms in total. The molecule has 1 unspecified atom stereocenters. The smallest absolute Gasteiger partial charge is 0.0653 e. The van der Waals surface area contributed by atoms with Gasteiger partial charge in [-0.15, -0.1) is 0 Å². The predicted octanol–water partition coefficient (Wildman–Crippen LogP) is 0.341. The Balaban J connectivity index is 3.73. The maximum atomic E-state index is 8.96. The molecule has 0 radical (unpaired) electrons. The number of hydrogen-bond donors (Lipinski definition) is 2. The van der Waals surface area contributed by atoms with Gasteiger partial charge in [0.1, 0.15) is 0 Å². The Morgan fingerprint density at radius 1 is 1.50 bits per heavy atom. The van der Waals surface area contributed by atoms with E-state index in [-0.39, 0.29) is 11.6 Å². The van der Waals surface area contributed by atoms with Gasteiger partial charge in [0, 0.05) is 12.1 Å². The van der Waals surface area contributed by atoms with Crippen LogP contribution >= 0.6 is 0 Å². The van der Waals surface area contributed by atoms with Crippen LogP contribution in [0.15, 0.2) is 0 Å². The lowest BCUT2D eigenvalue weighted by Gasteiger charge is -2.31. The zero-order valence-corrected chi connectivity index (χ0v) is 7.26. The van der Waals surface area contributed by atoms with Crippen molar-refractivity contribution in [3.05, 3.63) is 0 Å². The number of hydrazine groups is 1. The molecule has 3 heteroatoms. The lowest BCUT2D eigenvalue weighted by molar-refractivity contribution is 0.0676. The van der Waals surface area contributed by atoms with E-state index in [1.807, 2.05) is 20.8 Å². The predicted molar refractivity (Wildman–Crippen MR) is 42.3 cm³/mol. The van der Waals surface area contributed by atoms with Gasteiger partial charge in [-0.1, -0.05) is 0 Å². The van der Waals surface area contributed by atoms with Crippen molar-refractivity contribution in [3.8, 4) is 0 Å². The standard InChI is InChI=1S/C7H18N2O/c1-6(10)5-9(8)7(2,3)4/h6,10H,5,8H2,1-4H3. The third-order valence-corrected chi connectivity index (χ3v) is 1.32. The molecule has 0 aromatic rings. The summed E-state index contributed by atoms with van der Waals surface area (Å²) in [6.45, 7) is 8.27. The molecule has 0 saturated heterocycles. The first-order valence-electron chi connectivity index (χ1n) is 3.54. The highest BCUT2D eigenvalue weighted by molar-refractivity contribution is 4.72. The molecule has 1 atom stereocenters. The summed E-state index contributed by atoms with van der Waals surface area (Å²) in [6.07, 6.45) is -0.357. The first kappa shape index (κ1) is 9.88. The Hall–Kier alpha value is -0.120. The van der Waals surface area contributed by atoms with Crippen molar-refractivity contribution in [3.63, 3.8) is 0 Å². The zero-order chi connectivity index (χ0) is 8.36. The van der Waals surface area contributed by atoms with E-state index in [9.17, 15) is 0 Å². The van der Waals surface area contributed by atoms with Crippen LogP contribution in [0.2, 0.25) is 0 Å². The topological polar surface area (TPSA) is 49.5 Å². The van der Waals surface area contributed by atoms with Crippen molar-refractivity contribution in [2.24, 2.45) is 5.84 Å². The minimum atomic E-state index is -0.357. The second kappa shape index (κ2) is 3.32. The molecule has 0 spiro atoms. The molecule has 0 aromatic carbocycles. The van der Waals surface area contributed by atoms with E-state index in [4.69, 9.17) is 10.9 Å². The fourth-order valence-electron chi connectivity index (χ4n) is 0.559. The van der Waals surface area contributed by atoms with E-state index >= 15 is 0 Å². The molecule has 0 bridgehead atoms. The molecule has 0 aliphatic heterocycles. The molecule has 0 rings (SSSR count). The largest absolute Gasteiger partial charge is 0.392 e. The van der Waals surface area contributed by atoms with E-state index in [2.05, 4.69) is 0 Å². The summed E-state index contributed by atoms with van der Waals surface area (Å²) in [5.41, 5.74) is -0.0585. The lowest BCUT2D eigenvalue weighted by atomic mass is 10.1. The first-order valence-corrected chi connectivity index (χ1v) is 3.54. The molecule has 0 aliphatic carbocycles. The summed E-state index contributed by atoms with van der Waals surface area (Å²) in [4.78, 5) is 0. The van der Waals surface area contributed by atoms with Crippen molar-refractivity contribution < 1.29 is 5.11 Å². The first-order chi connectivity index (χ1) is 4.34. The van der Waals surface area contributed by atoms with E-state index in [1.54, 1.807) is 11.9 Å². The highest BCUT2D eigenvalue weighted by atomic mass is 16.3. The third-order valence-electron chi connectivity index (χ3n) is 1.32. The highest BCUT2D eigenvalue weighted by Crippen LogP contribution is 2.07. The fourth-order valence-corrected chi connectivity index (χ4v) is 0.559. The Morgan fingerprint density at radius 3 is 2.00 bits per heavy atom. The van der Waals surface area contributed by atoms with Crippen LogP contribution in [0.1, 0.15) is 27.7 Å². The average Bonchev–Trinajstić information content (AvgIpc) is 1.60. The highest BCUT2D eigenvalue weighted by Gasteiger charge is 2.18. The molecule has 0 aliphatic rings. The lowest BCUT2D eigenvalue weighted by Crippen LogP contribution is -2.49.